The molecule has 0 spiro atoms. The van der Waals surface area contributed by atoms with Gasteiger partial charge in [0.05, 0.1) is 17.5 Å². The summed E-state index contributed by atoms with van der Waals surface area (Å²) in [6.07, 6.45) is 6.05. The van der Waals surface area contributed by atoms with E-state index in [0.717, 1.165) is 11.4 Å². The van der Waals surface area contributed by atoms with Crippen LogP contribution in [0, 0.1) is 5.41 Å². The fraction of sp³-hybridized carbons (Fsp3) is 0.500. The van der Waals surface area contributed by atoms with Crippen molar-refractivity contribution in [3.05, 3.63) is 23.5 Å². The Balaban J connectivity index is 1.66. The van der Waals surface area contributed by atoms with Gasteiger partial charge >= 0.3 is 5.97 Å². The topological polar surface area (TPSA) is 83.7 Å². The van der Waals surface area contributed by atoms with E-state index in [1.807, 2.05) is 22.2 Å². The number of rotatable bonds is 4. The molecule has 2 atom stereocenters. The van der Waals surface area contributed by atoms with Crippen LogP contribution in [0.4, 0.5) is 0 Å². The molecule has 7 heteroatoms. The van der Waals surface area contributed by atoms with E-state index in [9.17, 15) is 14.7 Å². The lowest BCUT2D eigenvalue weighted by Gasteiger charge is -2.27. The number of imidazole rings is 1. The van der Waals surface area contributed by atoms with Crippen LogP contribution >= 0.6 is 11.3 Å². The van der Waals surface area contributed by atoms with Crippen molar-refractivity contribution in [2.24, 2.45) is 5.41 Å². The Morgan fingerprint density at radius 1 is 1.62 bits per heavy atom. The Morgan fingerprint density at radius 3 is 3.14 bits per heavy atom. The first kappa shape index (κ1) is 14.1. The van der Waals surface area contributed by atoms with E-state index in [-0.39, 0.29) is 18.4 Å². The summed E-state index contributed by atoms with van der Waals surface area (Å²) in [5.41, 5.74) is -0.154. The number of aromatic nitrogens is 2. The third-order valence-electron chi connectivity index (χ3n) is 4.27. The van der Waals surface area contributed by atoms with Gasteiger partial charge in [-0.2, -0.15) is 0 Å². The fourth-order valence-electron chi connectivity index (χ4n) is 2.92. The number of carbonyl (C=O) groups is 2. The lowest BCUT2D eigenvalue weighted by Crippen LogP contribution is -2.47. The second-order valence-electron chi connectivity index (χ2n) is 5.74. The summed E-state index contributed by atoms with van der Waals surface area (Å²) in [6, 6.07) is -0.300. The van der Waals surface area contributed by atoms with Crippen LogP contribution in [0.3, 0.4) is 0 Å². The van der Waals surface area contributed by atoms with Crippen molar-refractivity contribution in [2.75, 3.05) is 0 Å². The number of fused-ring (bicyclic) bond motifs is 1. The molecule has 0 saturated heterocycles. The summed E-state index contributed by atoms with van der Waals surface area (Å²) in [4.78, 5) is 28.7. The summed E-state index contributed by atoms with van der Waals surface area (Å²) in [7, 11) is 0. The molecule has 1 fully saturated rings. The number of carboxylic acid groups (broad SMARTS) is 1. The minimum atomic E-state index is -0.857. The lowest BCUT2D eigenvalue weighted by molar-refractivity contribution is -0.149. The number of thiazole rings is 1. The quantitative estimate of drug-likeness (QED) is 0.900. The molecule has 0 bridgehead atoms. The van der Waals surface area contributed by atoms with Gasteiger partial charge in [0.15, 0.2) is 4.96 Å². The number of carboxylic acids is 1. The minimum absolute atomic E-state index is 0.167. The summed E-state index contributed by atoms with van der Waals surface area (Å²) >= 11 is 1.51. The van der Waals surface area contributed by atoms with Crippen LogP contribution in [0.2, 0.25) is 0 Å². The third-order valence-corrected chi connectivity index (χ3v) is 5.04. The van der Waals surface area contributed by atoms with E-state index in [2.05, 4.69) is 10.3 Å². The molecule has 0 aromatic carbocycles. The Morgan fingerprint density at radius 2 is 2.43 bits per heavy atom. The van der Waals surface area contributed by atoms with Crippen molar-refractivity contribution in [3.8, 4) is 0 Å². The SMILES string of the molecule is CC1(C(=O)O)CCCC1NC(=O)Cc1cn2ccsc2n1. The Bertz CT molecular complexity index is 664. The maximum atomic E-state index is 12.1. The molecule has 2 unspecified atom stereocenters. The molecule has 1 saturated carbocycles. The lowest BCUT2D eigenvalue weighted by atomic mass is 9.85. The van der Waals surface area contributed by atoms with Gasteiger partial charge in [0.1, 0.15) is 0 Å². The molecular weight excluding hydrogens is 290 g/mol. The molecule has 2 heterocycles. The van der Waals surface area contributed by atoms with Crippen LogP contribution in [0.15, 0.2) is 17.8 Å². The number of hydrogen-bond donors (Lipinski definition) is 2. The van der Waals surface area contributed by atoms with Crippen molar-refractivity contribution in [1.29, 1.82) is 0 Å². The fourth-order valence-corrected chi connectivity index (χ4v) is 3.64. The number of aliphatic carboxylic acids is 1. The van der Waals surface area contributed by atoms with Gasteiger partial charge in [0.2, 0.25) is 5.91 Å². The Kier molecular flexibility index (Phi) is 3.44. The third kappa shape index (κ3) is 2.53. The molecule has 6 nitrogen and oxygen atoms in total. The van der Waals surface area contributed by atoms with Gasteiger partial charge in [0, 0.05) is 23.8 Å². The van der Waals surface area contributed by atoms with Gasteiger partial charge in [-0.25, -0.2) is 4.98 Å². The molecule has 1 aliphatic carbocycles. The van der Waals surface area contributed by atoms with E-state index >= 15 is 0 Å². The predicted molar refractivity (Wildman–Crippen MR) is 78.3 cm³/mol. The van der Waals surface area contributed by atoms with E-state index in [1.54, 1.807) is 6.92 Å². The summed E-state index contributed by atoms with van der Waals surface area (Å²) in [5, 5.41) is 14.2. The molecule has 0 radical (unpaired) electrons. The standard InChI is InChI=1S/C14H17N3O3S/c1-14(12(19)20)4-2-3-10(14)16-11(18)7-9-8-17-5-6-21-13(17)15-9/h5-6,8,10H,2-4,7H2,1H3,(H,16,18)(H,19,20). The van der Waals surface area contributed by atoms with E-state index < -0.39 is 11.4 Å². The van der Waals surface area contributed by atoms with Crippen molar-refractivity contribution in [2.45, 2.75) is 38.6 Å². The molecule has 2 aromatic rings. The number of hydrogen-bond acceptors (Lipinski definition) is 4. The summed E-state index contributed by atoms with van der Waals surface area (Å²) < 4.78 is 1.88. The van der Waals surface area contributed by atoms with Crippen LogP contribution in [-0.2, 0) is 16.0 Å². The second kappa shape index (κ2) is 5.14. The average molecular weight is 307 g/mol. The van der Waals surface area contributed by atoms with E-state index in [1.165, 1.54) is 11.3 Å². The number of nitrogens with one attached hydrogen (secondary N) is 1. The van der Waals surface area contributed by atoms with E-state index in [0.29, 0.717) is 18.5 Å². The van der Waals surface area contributed by atoms with Crippen LogP contribution in [-0.4, -0.2) is 32.4 Å². The molecule has 112 valence electrons. The minimum Gasteiger partial charge on any atom is -0.481 e. The largest absolute Gasteiger partial charge is 0.481 e. The number of nitrogens with zero attached hydrogens (tertiary/aromatic N) is 2. The van der Waals surface area contributed by atoms with Gasteiger partial charge in [-0.3, -0.25) is 14.0 Å². The van der Waals surface area contributed by atoms with Crippen LogP contribution < -0.4 is 5.32 Å². The normalized spacial score (nSPS) is 25.3. The molecule has 1 aliphatic rings. The van der Waals surface area contributed by atoms with Gasteiger partial charge < -0.3 is 10.4 Å². The van der Waals surface area contributed by atoms with Gasteiger partial charge in [0.25, 0.3) is 0 Å². The molecule has 1 amide bonds. The van der Waals surface area contributed by atoms with Crippen molar-refractivity contribution in [1.82, 2.24) is 14.7 Å². The number of carbonyl (C=O) groups excluding carboxylic acids is 1. The molecule has 2 N–H and O–H groups in total. The maximum absolute atomic E-state index is 12.1. The maximum Gasteiger partial charge on any atom is 0.311 e. The van der Waals surface area contributed by atoms with Gasteiger partial charge in [-0.15, -0.1) is 11.3 Å². The monoisotopic (exact) mass is 307 g/mol. The first-order chi connectivity index (χ1) is 9.99. The highest BCUT2D eigenvalue weighted by Crippen LogP contribution is 2.38. The van der Waals surface area contributed by atoms with Crippen molar-refractivity contribution in [3.63, 3.8) is 0 Å². The first-order valence-electron chi connectivity index (χ1n) is 6.93. The van der Waals surface area contributed by atoms with Gasteiger partial charge in [-0.1, -0.05) is 6.42 Å². The van der Waals surface area contributed by atoms with Crippen molar-refractivity contribution >= 4 is 28.2 Å². The Labute approximate surface area is 125 Å². The smallest absolute Gasteiger partial charge is 0.311 e. The highest BCUT2D eigenvalue weighted by atomic mass is 32.1. The van der Waals surface area contributed by atoms with Crippen LogP contribution in [0.25, 0.3) is 4.96 Å². The molecule has 0 aliphatic heterocycles. The average Bonchev–Trinajstić information content (AvgIpc) is 3.06. The zero-order chi connectivity index (χ0) is 15.0. The Hall–Kier alpha value is -1.89. The van der Waals surface area contributed by atoms with Crippen LogP contribution in [0.1, 0.15) is 31.9 Å². The molecular formula is C14H17N3O3S. The summed E-state index contributed by atoms with van der Waals surface area (Å²) in [6.45, 7) is 1.71. The number of amides is 1. The van der Waals surface area contributed by atoms with Crippen LogP contribution in [0.5, 0.6) is 0 Å². The second-order valence-corrected chi connectivity index (χ2v) is 6.61. The highest BCUT2D eigenvalue weighted by molar-refractivity contribution is 7.15. The van der Waals surface area contributed by atoms with E-state index in [4.69, 9.17) is 0 Å². The van der Waals surface area contributed by atoms with Gasteiger partial charge in [-0.05, 0) is 19.8 Å². The predicted octanol–water partition coefficient (Wildman–Crippen LogP) is 1.70. The van der Waals surface area contributed by atoms with Crippen molar-refractivity contribution < 1.29 is 14.7 Å². The molecule has 2 aromatic heterocycles. The highest BCUT2D eigenvalue weighted by Gasteiger charge is 2.45. The first-order valence-corrected chi connectivity index (χ1v) is 7.81. The molecule has 3 rings (SSSR count). The summed E-state index contributed by atoms with van der Waals surface area (Å²) in [5.74, 6) is -1.01. The molecule has 21 heavy (non-hydrogen) atoms. The zero-order valence-corrected chi connectivity index (χ0v) is 12.5. The zero-order valence-electron chi connectivity index (χ0n) is 11.7.